The zero-order valence-corrected chi connectivity index (χ0v) is 7.19. The maximum atomic E-state index is 8.89. The predicted octanol–water partition coefficient (Wildman–Crippen LogP) is -3.27. The average molecular weight is 210 g/mol. The molecule has 5 heteroatoms. The summed E-state index contributed by atoms with van der Waals surface area (Å²) in [6.45, 7) is 0.972. The largest absolute Gasteiger partial charge is 3.00 e. The van der Waals surface area contributed by atoms with E-state index in [1.807, 2.05) is 0 Å². The van der Waals surface area contributed by atoms with E-state index in [1.54, 1.807) is 0 Å². The van der Waals surface area contributed by atoms with E-state index >= 15 is 0 Å². The Morgan fingerprint density at radius 3 is 1.43 bits per heavy atom. The summed E-state index contributed by atoms with van der Waals surface area (Å²) in [5.74, 6) is -1.08. The molecular formula is C2H7InO4+2. The summed E-state index contributed by atoms with van der Waals surface area (Å²) in [4.78, 5) is 8.89. The Bertz CT molecular complexity index is 32.7. The van der Waals surface area contributed by atoms with Crippen molar-refractivity contribution in [2.75, 3.05) is 0 Å². The second-order valence-corrected chi connectivity index (χ2v) is 0.492. The van der Waals surface area contributed by atoms with E-state index in [0.29, 0.717) is 0 Å². The molecule has 0 saturated heterocycles. The van der Waals surface area contributed by atoms with E-state index in [1.165, 1.54) is 0 Å². The molecule has 0 aliphatic rings. The van der Waals surface area contributed by atoms with Crippen molar-refractivity contribution < 1.29 is 20.9 Å². The summed E-state index contributed by atoms with van der Waals surface area (Å²) in [6, 6.07) is 0. The van der Waals surface area contributed by atoms with Crippen LogP contribution in [0.5, 0.6) is 0 Å². The van der Waals surface area contributed by atoms with Gasteiger partial charge in [-0.15, -0.1) is 0 Å². The van der Waals surface area contributed by atoms with Crippen molar-refractivity contribution in [3.05, 3.63) is 0 Å². The third-order valence-corrected chi connectivity index (χ3v) is 0. The van der Waals surface area contributed by atoms with E-state index in [-0.39, 0.29) is 36.8 Å². The van der Waals surface area contributed by atoms with Crippen LogP contribution in [0.15, 0.2) is 0 Å². The Morgan fingerprint density at radius 2 is 1.43 bits per heavy atom. The van der Waals surface area contributed by atoms with Gasteiger partial charge in [-0.3, -0.25) is 0 Å². The fraction of sp³-hybridized carbons (Fsp3) is 0.500. The van der Waals surface area contributed by atoms with Crippen molar-refractivity contribution in [1.29, 1.82) is 0 Å². The molecule has 0 aromatic heterocycles. The Hall–Kier alpha value is 0.260. The van der Waals surface area contributed by atoms with Gasteiger partial charge in [0.05, 0.1) is 0 Å². The van der Waals surface area contributed by atoms with Gasteiger partial charge in [-0.25, -0.2) is 0 Å². The van der Waals surface area contributed by atoms with E-state index in [0.717, 1.165) is 6.92 Å². The zero-order chi connectivity index (χ0) is 3.58. The first-order valence-corrected chi connectivity index (χ1v) is 0.908. The predicted molar refractivity (Wildman–Crippen MR) is 23.7 cm³/mol. The molecule has 7 heavy (non-hydrogen) atoms. The summed E-state index contributed by atoms with van der Waals surface area (Å²) in [5, 5.41) is 8.89. The molecule has 4 N–H and O–H groups in total. The van der Waals surface area contributed by atoms with Gasteiger partial charge in [-0.1, -0.05) is 0 Å². The van der Waals surface area contributed by atoms with Crippen LogP contribution in [0.3, 0.4) is 0 Å². The third kappa shape index (κ3) is 1680. The Kier molecular flexibility index (Phi) is 62.3. The fourth-order valence-electron chi connectivity index (χ4n) is 0. The smallest absolute Gasteiger partial charge is 0.550 e. The van der Waals surface area contributed by atoms with Crippen LogP contribution in [-0.2, 0) is 4.79 Å². The average Bonchev–Trinajstić information content (AvgIpc) is 0.811. The zero-order valence-electron chi connectivity index (χ0n) is 3.89. The van der Waals surface area contributed by atoms with Crippen LogP contribution < -0.4 is 5.11 Å². The van der Waals surface area contributed by atoms with Gasteiger partial charge in [0.1, 0.15) is 0 Å². The van der Waals surface area contributed by atoms with Crippen molar-refractivity contribution in [1.82, 2.24) is 0 Å². The maximum Gasteiger partial charge on any atom is 3.00 e. The van der Waals surface area contributed by atoms with Gasteiger partial charge in [-0.2, -0.15) is 0 Å². The summed E-state index contributed by atoms with van der Waals surface area (Å²) >= 11 is 0. The van der Waals surface area contributed by atoms with Crippen molar-refractivity contribution in [2.24, 2.45) is 0 Å². The van der Waals surface area contributed by atoms with Gasteiger partial charge in [0.2, 0.25) is 0 Å². The van der Waals surface area contributed by atoms with E-state index in [2.05, 4.69) is 0 Å². The number of aliphatic carboxylic acids is 1. The van der Waals surface area contributed by atoms with Crippen molar-refractivity contribution in [3.8, 4) is 0 Å². The molecule has 0 atom stereocenters. The van der Waals surface area contributed by atoms with Crippen LogP contribution >= 0.6 is 0 Å². The molecule has 4 nitrogen and oxygen atoms in total. The fourth-order valence-corrected chi connectivity index (χ4v) is 0. The molecule has 0 aromatic rings. The first-order valence-electron chi connectivity index (χ1n) is 0.908. The van der Waals surface area contributed by atoms with Crippen LogP contribution in [0, 0.1) is 0 Å². The minimum absolute atomic E-state index is 0. The van der Waals surface area contributed by atoms with Crippen molar-refractivity contribution in [2.45, 2.75) is 6.92 Å². The minimum atomic E-state index is -1.08. The molecule has 0 unspecified atom stereocenters. The molecule has 0 aromatic carbocycles. The monoisotopic (exact) mass is 210 g/mol. The van der Waals surface area contributed by atoms with Crippen molar-refractivity contribution >= 4 is 31.8 Å². The van der Waals surface area contributed by atoms with Gasteiger partial charge in [0.25, 0.3) is 0 Å². The summed E-state index contributed by atoms with van der Waals surface area (Å²) in [6.07, 6.45) is 0. The third-order valence-electron chi connectivity index (χ3n) is 0. The van der Waals surface area contributed by atoms with Gasteiger partial charge in [-0.05, 0) is 6.92 Å². The first kappa shape index (κ1) is 26.8. The molecule has 0 saturated carbocycles. The topological polar surface area (TPSA) is 103 Å². The Balaban J connectivity index is -0.0000000150. The molecule has 0 spiro atoms. The number of carbonyl (C=O) groups is 1. The molecule has 0 radical (unpaired) electrons. The number of hydrogen-bond acceptors (Lipinski definition) is 2. The van der Waals surface area contributed by atoms with E-state index < -0.39 is 5.97 Å². The van der Waals surface area contributed by atoms with Gasteiger partial charge in [0, 0.05) is 5.97 Å². The quantitative estimate of drug-likeness (QED) is 0.418. The minimum Gasteiger partial charge on any atom is -0.550 e. The number of rotatable bonds is 0. The van der Waals surface area contributed by atoms with E-state index in [4.69, 9.17) is 9.90 Å². The van der Waals surface area contributed by atoms with Crippen LogP contribution in [0.4, 0.5) is 0 Å². The summed E-state index contributed by atoms with van der Waals surface area (Å²) in [5.41, 5.74) is 0. The van der Waals surface area contributed by atoms with Gasteiger partial charge >= 0.3 is 25.8 Å². The second kappa shape index (κ2) is 16.3. The van der Waals surface area contributed by atoms with Crippen LogP contribution in [0.25, 0.3) is 0 Å². The molecule has 40 valence electrons. The first-order chi connectivity index (χ1) is 1.73. The number of carboxylic acid groups (broad SMARTS) is 1. The van der Waals surface area contributed by atoms with Gasteiger partial charge in [0.15, 0.2) is 0 Å². The van der Waals surface area contributed by atoms with Crippen LogP contribution in [0.1, 0.15) is 6.92 Å². The molecule has 0 aliphatic carbocycles. The molecular weight excluding hydrogens is 203 g/mol. The second-order valence-electron chi connectivity index (χ2n) is 0.492. The Labute approximate surface area is 59.9 Å². The standard InChI is InChI=1S/C2H4O2.In.2H2O/c1-2(3)4;;;/h1H3,(H,3,4);;2*1H2/q;+3;;/p-1. The maximum absolute atomic E-state index is 8.89. The van der Waals surface area contributed by atoms with Crippen LogP contribution in [0.2, 0.25) is 0 Å². The molecule has 0 fully saturated rings. The number of carboxylic acids is 1. The normalized spacial score (nSPS) is 3.57. The van der Waals surface area contributed by atoms with Crippen molar-refractivity contribution in [3.63, 3.8) is 0 Å². The van der Waals surface area contributed by atoms with Gasteiger partial charge < -0.3 is 20.9 Å². The number of hydrogen-bond donors (Lipinski definition) is 0. The number of carbonyl (C=O) groups excluding carboxylic acids is 1. The molecule has 0 heterocycles. The molecule has 0 aliphatic heterocycles. The SMILES string of the molecule is CC(=O)[O-].O.O.[In+3]. The molecule has 0 amide bonds. The molecule has 0 rings (SSSR count). The van der Waals surface area contributed by atoms with Crippen LogP contribution in [-0.4, -0.2) is 42.8 Å². The van der Waals surface area contributed by atoms with E-state index in [9.17, 15) is 0 Å². The summed E-state index contributed by atoms with van der Waals surface area (Å²) in [7, 11) is 0. The molecule has 0 bridgehead atoms. The summed E-state index contributed by atoms with van der Waals surface area (Å²) < 4.78 is 0. The Morgan fingerprint density at radius 1 is 1.43 bits per heavy atom.